The van der Waals surface area contributed by atoms with Crippen molar-refractivity contribution in [3.8, 4) is 5.75 Å². The normalized spacial score (nSPS) is 15.3. The van der Waals surface area contributed by atoms with Gasteiger partial charge in [0, 0.05) is 28.6 Å². The number of aryl methyl sites for hydroxylation is 2. The Morgan fingerprint density at radius 3 is 3.00 bits per heavy atom. The first-order valence-corrected chi connectivity index (χ1v) is 9.61. The number of thiophene rings is 1. The number of fused-ring (bicyclic) bond motifs is 1. The highest BCUT2D eigenvalue weighted by Crippen LogP contribution is 2.31. The van der Waals surface area contributed by atoms with Crippen molar-refractivity contribution in [2.24, 2.45) is 0 Å². The zero-order valence-electron chi connectivity index (χ0n) is 14.6. The molecule has 4 nitrogen and oxygen atoms in total. The van der Waals surface area contributed by atoms with Crippen molar-refractivity contribution in [2.45, 2.75) is 26.2 Å². The second kappa shape index (κ2) is 7.30. The Morgan fingerprint density at radius 1 is 1.31 bits per heavy atom. The average Bonchev–Trinajstić information content (AvgIpc) is 3.30. The third-order valence-corrected chi connectivity index (χ3v) is 5.63. The summed E-state index contributed by atoms with van der Waals surface area (Å²) in [5, 5.41) is 2.07. The molecule has 0 aliphatic heterocycles. The number of carbonyl (C=O) groups is 1. The lowest BCUT2D eigenvalue weighted by atomic mass is 9.86. The van der Waals surface area contributed by atoms with Gasteiger partial charge in [0.05, 0.1) is 18.6 Å². The number of hydrogen-bond acceptors (Lipinski definition) is 4. The summed E-state index contributed by atoms with van der Waals surface area (Å²) in [7, 11) is 0. The van der Waals surface area contributed by atoms with Gasteiger partial charge >= 0.3 is 0 Å². The van der Waals surface area contributed by atoms with Crippen LogP contribution in [-0.2, 0) is 12.8 Å². The van der Waals surface area contributed by atoms with Gasteiger partial charge in [-0.25, -0.2) is 4.98 Å². The van der Waals surface area contributed by atoms with Gasteiger partial charge in [-0.15, -0.1) is 11.3 Å². The van der Waals surface area contributed by atoms with Gasteiger partial charge in [-0.2, -0.15) is 0 Å². The standard InChI is InChI=1S/C21H20N2O2S/c1-14-7-9-26-20(14)11-16-3-2-15-10-18(4-5-19(15)21(16)24)25-8-6-17-12-22-13-23-17/h4-5,7,9-13H,2-3,6,8H2,1H3,(H,22,23). The van der Waals surface area contributed by atoms with Crippen LogP contribution in [-0.4, -0.2) is 22.4 Å². The quantitative estimate of drug-likeness (QED) is 0.673. The number of H-pyrrole nitrogens is 1. The summed E-state index contributed by atoms with van der Waals surface area (Å²) in [6.07, 6.45) is 8.00. The fraction of sp³-hybridized carbons (Fsp3) is 0.238. The van der Waals surface area contributed by atoms with Crippen LogP contribution in [0.4, 0.5) is 0 Å². The first kappa shape index (κ1) is 16.8. The highest BCUT2D eigenvalue weighted by atomic mass is 32.1. The van der Waals surface area contributed by atoms with Crippen molar-refractivity contribution in [3.05, 3.63) is 75.0 Å². The van der Waals surface area contributed by atoms with Crippen LogP contribution >= 0.6 is 11.3 Å². The minimum atomic E-state index is 0.141. The molecule has 1 N–H and O–H groups in total. The molecule has 0 bridgehead atoms. The van der Waals surface area contributed by atoms with Crippen molar-refractivity contribution >= 4 is 23.2 Å². The minimum absolute atomic E-state index is 0.141. The Labute approximate surface area is 156 Å². The SMILES string of the molecule is Cc1ccsc1C=C1CCc2cc(OCCc3c[nH]cn3)ccc2C1=O. The number of Topliss-reactive ketones (excluding diaryl/α,β-unsaturated/α-hetero) is 1. The van der Waals surface area contributed by atoms with E-state index in [2.05, 4.69) is 34.4 Å². The number of benzene rings is 1. The number of allylic oxidation sites excluding steroid dienone is 1. The molecule has 2 aromatic heterocycles. The number of nitrogens with zero attached hydrogens (tertiary/aromatic N) is 1. The average molecular weight is 364 g/mol. The molecule has 3 aromatic rings. The summed E-state index contributed by atoms with van der Waals surface area (Å²) in [6.45, 7) is 2.65. The summed E-state index contributed by atoms with van der Waals surface area (Å²) < 4.78 is 5.83. The predicted molar refractivity (Wildman–Crippen MR) is 104 cm³/mol. The van der Waals surface area contributed by atoms with Gasteiger partial charge in [0.25, 0.3) is 0 Å². The van der Waals surface area contributed by atoms with E-state index in [-0.39, 0.29) is 5.78 Å². The van der Waals surface area contributed by atoms with Crippen LogP contribution in [0, 0.1) is 6.92 Å². The fourth-order valence-electron chi connectivity index (χ4n) is 3.17. The molecular formula is C21H20N2O2S. The van der Waals surface area contributed by atoms with E-state index in [4.69, 9.17) is 4.74 Å². The van der Waals surface area contributed by atoms with E-state index in [1.807, 2.05) is 24.4 Å². The van der Waals surface area contributed by atoms with E-state index in [0.29, 0.717) is 6.61 Å². The number of aromatic amines is 1. The highest BCUT2D eigenvalue weighted by molar-refractivity contribution is 7.11. The van der Waals surface area contributed by atoms with Gasteiger partial charge in [-0.05, 0) is 66.6 Å². The van der Waals surface area contributed by atoms with Gasteiger partial charge in [0.2, 0.25) is 0 Å². The Bertz CT molecular complexity index is 954. The smallest absolute Gasteiger partial charge is 0.189 e. The lowest BCUT2D eigenvalue weighted by Gasteiger charge is -2.18. The molecule has 1 aliphatic rings. The molecule has 0 unspecified atom stereocenters. The predicted octanol–water partition coefficient (Wildman–Crippen LogP) is 4.61. The van der Waals surface area contributed by atoms with Crippen molar-refractivity contribution in [2.75, 3.05) is 6.61 Å². The zero-order chi connectivity index (χ0) is 17.9. The lowest BCUT2D eigenvalue weighted by molar-refractivity contribution is 0.102. The summed E-state index contributed by atoms with van der Waals surface area (Å²) in [5.41, 5.74) is 4.98. The number of rotatable bonds is 5. The molecule has 26 heavy (non-hydrogen) atoms. The van der Waals surface area contributed by atoms with Gasteiger partial charge in [0.1, 0.15) is 5.75 Å². The molecule has 0 amide bonds. The maximum absolute atomic E-state index is 12.8. The largest absolute Gasteiger partial charge is 0.493 e. The van der Waals surface area contributed by atoms with Gasteiger partial charge in [-0.1, -0.05) is 0 Å². The molecule has 0 spiro atoms. The zero-order valence-corrected chi connectivity index (χ0v) is 15.4. The Balaban J connectivity index is 1.47. The number of ether oxygens (including phenoxy) is 1. The molecule has 0 atom stereocenters. The first-order chi connectivity index (χ1) is 12.7. The Morgan fingerprint density at radius 2 is 2.23 bits per heavy atom. The summed E-state index contributed by atoms with van der Waals surface area (Å²) in [5.74, 6) is 0.954. The van der Waals surface area contributed by atoms with Crippen molar-refractivity contribution < 1.29 is 9.53 Å². The van der Waals surface area contributed by atoms with Crippen molar-refractivity contribution in [1.29, 1.82) is 0 Å². The van der Waals surface area contributed by atoms with Crippen LogP contribution in [0.25, 0.3) is 6.08 Å². The number of carbonyl (C=O) groups excluding carboxylic acids is 1. The van der Waals surface area contributed by atoms with Crippen LogP contribution in [0.15, 0.2) is 47.7 Å². The topological polar surface area (TPSA) is 55.0 Å². The van der Waals surface area contributed by atoms with Crippen LogP contribution in [0.2, 0.25) is 0 Å². The lowest BCUT2D eigenvalue weighted by Crippen LogP contribution is -2.14. The van der Waals surface area contributed by atoms with Crippen LogP contribution in [0.1, 0.15) is 38.5 Å². The van der Waals surface area contributed by atoms with Gasteiger partial charge in [0.15, 0.2) is 5.78 Å². The fourth-order valence-corrected chi connectivity index (χ4v) is 4.06. The molecule has 4 rings (SSSR count). The Hall–Kier alpha value is -2.66. The molecule has 0 fully saturated rings. The molecule has 0 saturated heterocycles. The molecular weight excluding hydrogens is 344 g/mol. The van der Waals surface area contributed by atoms with Crippen LogP contribution in [0.5, 0.6) is 5.75 Å². The first-order valence-electron chi connectivity index (χ1n) is 8.73. The molecule has 5 heteroatoms. The number of nitrogens with one attached hydrogen (secondary N) is 1. The molecule has 0 radical (unpaired) electrons. The third kappa shape index (κ3) is 3.48. The highest BCUT2D eigenvalue weighted by Gasteiger charge is 2.22. The second-order valence-corrected chi connectivity index (χ2v) is 7.39. The molecule has 2 heterocycles. The molecule has 1 aliphatic carbocycles. The van der Waals surface area contributed by atoms with Crippen molar-refractivity contribution in [3.63, 3.8) is 0 Å². The van der Waals surface area contributed by atoms with E-state index >= 15 is 0 Å². The summed E-state index contributed by atoms with van der Waals surface area (Å²) in [6, 6.07) is 7.88. The number of ketones is 1. The number of hydrogen-bond donors (Lipinski definition) is 1. The van der Waals surface area contributed by atoms with Crippen molar-refractivity contribution in [1.82, 2.24) is 9.97 Å². The second-order valence-electron chi connectivity index (χ2n) is 6.44. The van der Waals surface area contributed by atoms with E-state index in [1.165, 1.54) is 10.4 Å². The molecule has 132 valence electrons. The molecule has 1 aromatic carbocycles. The summed E-state index contributed by atoms with van der Waals surface area (Å²) in [4.78, 5) is 21.1. The van der Waals surface area contributed by atoms with E-state index in [0.717, 1.165) is 47.4 Å². The van der Waals surface area contributed by atoms with Gasteiger partial charge in [-0.3, -0.25) is 4.79 Å². The third-order valence-electron chi connectivity index (χ3n) is 4.67. The minimum Gasteiger partial charge on any atom is -0.493 e. The van der Waals surface area contributed by atoms with Crippen LogP contribution in [0.3, 0.4) is 0 Å². The van der Waals surface area contributed by atoms with Crippen LogP contribution < -0.4 is 4.74 Å². The number of imidazole rings is 1. The number of aromatic nitrogens is 2. The van der Waals surface area contributed by atoms with E-state index in [1.54, 1.807) is 17.7 Å². The summed E-state index contributed by atoms with van der Waals surface area (Å²) >= 11 is 1.68. The van der Waals surface area contributed by atoms with E-state index < -0.39 is 0 Å². The molecule has 0 saturated carbocycles. The van der Waals surface area contributed by atoms with Gasteiger partial charge < -0.3 is 9.72 Å². The van der Waals surface area contributed by atoms with E-state index in [9.17, 15) is 4.79 Å². The Kier molecular flexibility index (Phi) is 4.71. The maximum Gasteiger partial charge on any atom is 0.189 e. The maximum atomic E-state index is 12.8. The monoisotopic (exact) mass is 364 g/mol.